The largest absolute Gasteiger partial charge is 0.416 e. The first-order valence-electron chi connectivity index (χ1n) is 8.62. The number of carbonyl (C=O) groups excluding carboxylic acids is 2. The molecule has 0 aliphatic carbocycles. The van der Waals surface area contributed by atoms with E-state index >= 15 is 0 Å². The number of benzene rings is 1. The number of nitrogens with zero attached hydrogens (tertiary/aromatic N) is 1. The molecule has 142 valence electrons. The molecule has 2 heterocycles. The smallest absolute Gasteiger partial charge is 0.381 e. The van der Waals surface area contributed by atoms with Crippen LogP contribution in [-0.4, -0.2) is 43.0 Å². The van der Waals surface area contributed by atoms with Crippen LogP contribution in [0.5, 0.6) is 0 Å². The summed E-state index contributed by atoms with van der Waals surface area (Å²) in [7, 11) is 0. The van der Waals surface area contributed by atoms with Crippen LogP contribution in [0.1, 0.15) is 24.0 Å². The number of amides is 2. The lowest BCUT2D eigenvalue weighted by Gasteiger charge is -2.18. The highest BCUT2D eigenvalue weighted by Gasteiger charge is 2.35. The van der Waals surface area contributed by atoms with Crippen LogP contribution in [0.3, 0.4) is 0 Å². The average Bonchev–Trinajstić information content (AvgIpc) is 3.23. The van der Waals surface area contributed by atoms with Crippen LogP contribution in [-0.2, 0) is 27.0 Å². The first kappa shape index (κ1) is 18.7. The minimum absolute atomic E-state index is 0.0724. The van der Waals surface area contributed by atoms with E-state index in [0.717, 1.165) is 18.6 Å². The fourth-order valence-electron chi connectivity index (χ4n) is 3.30. The van der Waals surface area contributed by atoms with Gasteiger partial charge in [-0.1, -0.05) is 12.1 Å². The Bertz CT molecular complexity index is 672. The standard InChI is InChI=1S/C18H21F3N2O3/c19-18(20,21)15-3-1-2-12(6-15)9-23-10-14(7-16(23)24)17(25)22-8-13-4-5-26-11-13/h1-3,6,13-14H,4-5,7-11H2,(H,22,25)/t13-,14+/m0/s1. The summed E-state index contributed by atoms with van der Waals surface area (Å²) in [5, 5.41) is 2.85. The topological polar surface area (TPSA) is 58.6 Å². The molecular weight excluding hydrogens is 349 g/mol. The highest BCUT2D eigenvalue weighted by molar-refractivity contribution is 5.89. The predicted octanol–water partition coefficient (Wildman–Crippen LogP) is 2.21. The zero-order valence-corrected chi connectivity index (χ0v) is 14.2. The summed E-state index contributed by atoms with van der Waals surface area (Å²) in [6, 6.07) is 4.92. The summed E-state index contributed by atoms with van der Waals surface area (Å²) in [5.41, 5.74) is -0.341. The summed E-state index contributed by atoms with van der Waals surface area (Å²) >= 11 is 0. The van der Waals surface area contributed by atoms with E-state index in [4.69, 9.17) is 4.74 Å². The van der Waals surface area contributed by atoms with E-state index in [2.05, 4.69) is 5.32 Å². The van der Waals surface area contributed by atoms with E-state index in [1.807, 2.05) is 0 Å². The second-order valence-electron chi connectivity index (χ2n) is 6.85. The molecule has 1 aromatic rings. The summed E-state index contributed by atoms with van der Waals surface area (Å²) < 4.78 is 43.6. The third-order valence-corrected chi connectivity index (χ3v) is 4.80. The third kappa shape index (κ3) is 4.55. The number of hydrogen-bond donors (Lipinski definition) is 1. The number of alkyl halides is 3. The van der Waals surface area contributed by atoms with Gasteiger partial charge in [0.25, 0.3) is 0 Å². The van der Waals surface area contributed by atoms with Crippen LogP contribution < -0.4 is 5.32 Å². The normalized spacial score (nSPS) is 23.5. The van der Waals surface area contributed by atoms with Gasteiger partial charge < -0.3 is 15.0 Å². The first-order valence-corrected chi connectivity index (χ1v) is 8.62. The molecular formula is C18H21F3N2O3. The van der Waals surface area contributed by atoms with Gasteiger partial charge >= 0.3 is 6.18 Å². The van der Waals surface area contributed by atoms with Crippen molar-refractivity contribution >= 4 is 11.8 Å². The van der Waals surface area contributed by atoms with Crippen molar-refractivity contribution in [2.45, 2.75) is 25.6 Å². The SMILES string of the molecule is O=C(NC[C@@H]1CCOC1)[C@@H]1CC(=O)N(Cc2cccc(C(F)(F)F)c2)C1. The van der Waals surface area contributed by atoms with Crippen molar-refractivity contribution in [1.82, 2.24) is 10.2 Å². The van der Waals surface area contributed by atoms with E-state index in [0.29, 0.717) is 31.2 Å². The molecule has 0 bridgehead atoms. The molecule has 2 fully saturated rings. The average molecular weight is 370 g/mol. The summed E-state index contributed by atoms with van der Waals surface area (Å²) in [4.78, 5) is 25.8. The predicted molar refractivity (Wildman–Crippen MR) is 86.9 cm³/mol. The maximum absolute atomic E-state index is 12.8. The van der Waals surface area contributed by atoms with Crippen molar-refractivity contribution in [3.05, 3.63) is 35.4 Å². The number of rotatable bonds is 5. The Labute approximate surface area is 149 Å². The highest BCUT2D eigenvalue weighted by atomic mass is 19.4. The first-order chi connectivity index (χ1) is 12.3. The molecule has 2 atom stereocenters. The number of carbonyl (C=O) groups is 2. The molecule has 2 saturated heterocycles. The molecule has 0 radical (unpaired) electrons. The summed E-state index contributed by atoms with van der Waals surface area (Å²) in [6.07, 6.45) is -3.42. The molecule has 5 nitrogen and oxygen atoms in total. The lowest BCUT2D eigenvalue weighted by Crippen LogP contribution is -2.36. The molecule has 1 N–H and O–H groups in total. The Morgan fingerprint density at radius 1 is 1.35 bits per heavy atom. The summed E-state index contributed by atoms with van der Waals surface area (Å²) in [6.45, 7) is 2.15. The zero-order valence-electron chi connectivity index (χ0n) is 14.2. The highest BCUT2D eigenvalue weighted by Crippen LogP contribution is 2.30. The van der Waals surface area contributed by atoms with Gasteiger partial charge in [-0.25, -0.2) is 0 Å². The van der Waals surface area contributed by atoms with Crippen LogP contribution in [0.4, 0.5) is 13.2 Å². The molecule has 0 saturated carbocycles. The molecule has 1 aromatic carbocycles. The minimum Gasteiger partial charge on any atom is -0.381 e. The molecule has 2 aliphatic heterocycles. The van der Waals surface area contributed by atoms with Crippen molar-refractivity contribution in [1.29, 1.82) is 0 Å². The number of likely N-dealkylation sites (tertiary alicyclic amines) is 1. The van der Waals surface area contributed by atoms with Crippen molar-refractivity contribution in [3.63, 3.8) is 0 Å². The number of ether oxygens (including phenoxy) is 1. The lowest BCUT2D eigenvalue weighted by molar-refractivity contribution is -0.137. The van der Waals surface area contributed by atoms with Gasteiger partial charge in [0.15, 0.2) is 0 Å². The Hall–Kier alpha value is -2.09. The number of nitrogens with one attached hydrogen (secondary N) is 1. The maximum atomic E-state index is 12.8. The minimum atomic E-state index is -4.42. The molecule has 8 heteroatoms. The number of halogens is 3. The molecule has 2 aliphatic rings. The van der Waals surface area contributed by atoms with Crippen LogP contribution >= 0.6 is 0 Å². The van der Waals surface area contributed by atoms with Crippen molar-refractivity contribution in [2.75, 3.05) is 26.3 Å². The molecule has 0 unspecified atom stereocenters. The van der Waals surface area contributed by atoms with Crippen LogP contribution in [0.2, 0.25) is 0 Å². The van der Waals surface area contributed by atoms with Gasteiger partial charge in [-0.15, -0.1) is 0 Å². The maximum Gasteiger partial charge on any atom is 0.416 e. The van der Waals surface area contributed by atoms with Crippen molar-refractivity contribution < 1.29 is 27.5 Å². The van der Waals surface area contributed by atoms with Gasteiger partial charge in [-0.2, -0.15) is 13.2 Å². The Morgan fingerprint density at radius 3 is 2.85 bits per heavy atom. The number of hydrogen-bond acceptors (Lipinski definition) is 3. The third-order valence-electron chi connectivity index (χ3n) is 4.80. The van der Waals surface area contributed by atoms with Crippen molar-refractivity contribution in [2.24, 2.45) is 11.8 Å². The fraction of sp³-hybridized carbons (Fsp3) is 0.556. The monoisotopic (exact) mass is 370 g/mol. The summed E-state index contributed by atoms with van der Waals surface area (Å²) in [5.74, 6) is -0.559. The van der Waals surface area contributed by atoms with Crippen LogP contribution in [0.15, 0.2) is 24.3 Å². The van der Waals surface area contributed by atoms with Crippen LogP contribution in [0, 0.1) is 11.8 Å². The molecule has 0 spiro atoms. The fourth-order valence-corrected chi connectivity index (χ4v) is 3.30. The van der Waals surface area contributed by atoms with E-state index in [9.17, 15) is 22.8 Å². The van der Waals surface area contributed by atoms with E-state index in [1.165, 1.54) is 11.0 Å². The second kappa shape index (κ2) is 7.65. The lowest BCUT2D eigenvalue weighted by atomic mass is 10.1. The second-order valence-corrected chi connectivity index (χ2v) is 6.85. The Kier molecular flexibility index (Phi) is 5.50. The Balaban J connectivity index is 1.55. The molecule has 3 rings (SSSR count). The van der Waals surface area contributed by atoms with Gasteiger partial charge in [-0.3, -0.25) is 9.59 Å². The zero-order chi connectivity index (χ0) is 18.7. The van der Waals surface area contributed by atoms with Gasteiger partial charge in [-0.05, 0) is 24.1 Å². The molecule has 2 amide bonds. The quantitative estimate of drug-likeness (QED) is 0.865. The van der Waals surface area contributed by atoms with E-state index in [1.54, 1.807) is 6.07 Å². The van der Waals surface area contributed by atoms with Gasteiger partial charge in [0, 0.05) is 38.6 Å². The van der Waals surface area contributed by atoms with Gasteiger partial charge in [0.2, 0.25) is 11.8 Å². The van der Waals surface area contributed by atoms with Crippen molar-refractivity contribution in [3.8, 4) is 0 Å². The van der Waals surface area contributed by atoms with Gasteiger partial charge in [0.1, 0.15) is 0 Å². The van der Waals surface area contributed by atoms with Gasteiger partial charge in [0.05, 0.1) is 18.1 Å². The van der Waals surface area contributed by atoms with E-state index < -0.39 is 17.7 Å². The van der Waals surface area contributed by atoms with Crippen LogP contribution in [0.25, 0.3) is 0 Å². The molecule has 26 heavy (non-hydrogen) atoms. The van der Waals surface area contributed by atoms with E-state index in [-0.39, 0.29) is 31.3 Å². The molecule has 0 aromatic heterocycles. The Morgan fingerprint density at radius 2 is 2.15 bits per heavy atom.